The quantitative estimate of drug-likeness (QED) is 0.872. The third-order valence-electron chi connectivity index (χ3n) is 2.19. The fraction of sp³-hybridized carbons (Fsp3) is 0.0909. The van der Waals surface area contributed by atoms with Gasteiger partial charge in [-0.1, -0.05) is 35.0 Å². The molecule has 0 amide bonds. The molecule has 0 saturated carbocycles. The lowest BCUT2D eigenvalue weighted by Gasteiger charge is -2.01. The van der Waals surface area contributed by atoms with E-state index < -0.39 is 5.97 Å². The second kappa shape index (κ2) is 3.98. The van der Waals surface area contributed by atoms with Gasteiger partial charge in [-0.3, -0.25) is 0 Å². The van der Waals surface area contributed by atoms with Gasteiger partial charge in [0.1, 0.15) is 5.69 Å². The average Bonchev–Trinajstić information content (AvgIpc) is 2.71. The molecule has 0 saturated heterocycles. The molecule has 2 aromatic rings. The van der Waals surface area contributed by atoms with E-state index in [9.17, 15) is 4.79 Å². The van der Waals surface area contributed by atoms with Crippen LogP contribution in [0.25, 0.3) is 11.3 Å². The van der Waals surface area contributed by atoms with Gasteiger partial charge in [-0.2, -0.15) is 0 Å². The topological polar surface area (TPSA) is 63.3 Å². The van der Waals surface area contributed by atoms with Gasteiger partial charge in [-0.25, -0.2) is 4.79 Å². The smallest absolute Gasteiger partial charge is 0.374 e. The first-order valence-corrected chi connectivity index (χ1v) is 4.93. The molecule has 16 heavy (non-hydrogen) atoms. The van der Waals surface area contributed by atoms with Crippen LogP contribution in [-0.4, -0.2) is 16.2 Å². The Bertz CT molecular complexity index is 548. The maximum absolute atomic E-state index is 10.6. The van der Waals surface area contributed by atoms with Crippen molar-refractivity contribution in [3.63, 3.8) is 0 Å². The summed E-state index contributed by atoms with van der Waals surface area (Å²) in [6.45, 7) is 1.87. The average molecular weight is 238 g/mol. The number of benzene rings is 1. The maximum atomic E-state index is 10.6. The highest BCUT2D eigenvalue weighted by Crippen LogP contribution is 2.29. The van der Waals surface area contributed by atoms with E-state index in [-0.39, 0.29) is 5.76 Å². The summed E-state index contributed by atoms with van der Waals surface area (Å²) >= 11 is 6.09. The van der Waals surface area contributed by atoms with E-state index in [0.29, 0.717) is 16.3 Å². The molecule has 1 aromatic carbocycles. The van der Waals surface area contributed by atoms with Crippen molar-refractivity contribution in [2.24, 2.45) is 0 Å². The number of hydrogen-bond acceptors (Lipinski definition) is 3. The number of carbonyl (C=O) groups is 1. The normalized spacial score (nSPS) is 10.4. The molecule has 1 aromatic heterocycles. The van der Waals surface area contributed by atoms with Gasteiger partial charge < -0.3 is 9.63 Å². The Morgan fingerprint density at radius 2 is 2.25 bits per heavy atom. The van der Waals surface area contributed by atoms with Crippen molar-refractivity contribution < 1.29 is 14.4 Å². The summed E-state index contributed by atoms with van der Waals surface area (Å²) < 4.78 is 4.67. The van der Waals surface area contributed by atoms with Gasteiger partial charge >= 0.3 is 5.97 Å². The molecule has 2 rings (SSSR count). The Balaban J connectivity index is 2.50. The second-order valence-electron chi connectivity index (χ2n) is 3.32. The molecular weight excluding hydrogens is 230 g/mol. The van der Waals surface area contributed by atoms with Crippen LogP contribution >= 0.6 is 11.6 Å². The lowest BCUT2D eigenvalue weighted by Crippen LogP contribution is -1.91. The number of hydrogen-bond donors (Lipinski definition) is 1. The predicted molar refractivity (Wildman–Crippen MR) is 58.6 cm³/mol. The number of aromatic nitrogens is 1. The molecule has 0 aliphatic heterocycles. The number of carboxylic acids is 1. The van der Waals surface area contributed by atoms with Gasteiger partial charge in [-0.15, -0.1) is 0 Å². The molecule has 0 unspecified atom stereocenters. The van der Waals surface area contributed by atoms with Crippen molar-refractivity contribution in [2.45, 2.75) is 6.92 Å². The van der Waals surface area contributed by atoms with E-state index >= 15 is 0 Å². The summed E-state index contributed by atoms with van der Waals surface area (Å²) in [6, 6.07) is 6.80. The zero-order valence-electron chi connectivity index (χ0n) is 8.40. The minimum atomic E-state index is -1.15. The first-order chi connectivity index (χ1) is 7.59. The van der Waals surface area contributed by atoms with Crippen molar-refractivity contribution in [3.05, 3.63) is 40.6 Å². The molecule has 0 aliphatic rings. The van der Waals surface area contributed by atoms with Crippen LogP contribution in [-0.2, 0) is 0 Å². The minimum absolute atomic E-state index is 0.201. The highest BCUT2D eigenvalue weighted by Gasteiger charge is 2.14. The zero-order valence-corrected chi connectivity index (χ0v) is 9.15. The van der Waals surface area contributed by atoms with Gasteiger partial charge in [0, 0.05) is 11.6 Å². The molecule has 0 atom stereocenters. The number of nitrogens with zero attached hydrogens (tertiary/aromatic N) is 1. The number of halogens is 1. The lowest BCUT2D eigenvalue weighted by atomic mass is 10.1. The zero-order chi connectivity index (χ0) is 11.7. The third kappa shape index (κ3) is 1.79. The monoisotopic (exact) mass is 237 g/mol. The first kappa shape index (κ1) is 10.7. The van der Waals surface area contributed by atoms with Crippen molar-refractivity contribution >= 4 is 17.6 Å². The van der Waals surface area contributed by atoms with E-state index in [1.165, 1.54) is 6.07 Å². The van der Waals surface area contributed by atoms with Crippen LogP contribution in [0.5, 0.6) is 0 Å². The lowest BCUT2D eigenvalue weighted by molar-refractivity contribution is 0.0652. The molecule has 1 heterocycles. The minimum Gasteiger partial charge on any atom is -0.475 e. The molecule has 0 bridgehead atoms. The van der Waals surface area contributed by atoms with E-state index in [0.717, 1.165) is 5.56 Å². The van der Waals surface area contributed by atoms with Gasteiger partial charge in [0.15, 0.2) is 0 Å². The molecule has 82 valence electrons. The van der Waals surface area contributed by atoms with E-state index in [4.69, 9.17) is 16.7 Å². The van der Waals surface area contributed by atoms with Crippen molar-refractivity contribution in [1.82, 2.24) is 5.16 Å². The van der Waals surface area contributed by atoms with Crippen LogP contribution in [0, 0.1) is 6.92 Å². The van der Waals surface area contributed by atoms with Gasteiger partial charge in [0.25, 0.3) is 0 Å². The van der Waals surface area contributed by atoms with Crippen LogP contribution in [0.15, 0.2) is 28.8 Å². The molecule has 0 fully saturated rings. The van der Waals surface area contributed by atoms with Crippen LogP contribution in [0.2, 0.25) is 5.02 Å². The van der Waals surface area contributed by atoms with E-state index in [2.05, 4.69) is 9.68 Å². The number of rotatable bonds is 2. The largest absolute Gasteiger partial charge is 0.475 e. The van der Waals surface area contributed by atoms with Gasteiger partial charge in [0.2, 0.25) is 5.76 Å². The summed E-state index contributed by atoms with van der Waals surface area (Å²) in [4.78, 5) is 10.6. The van der Waals surface area contributed by atoms with Gasteiger partial charge in [0.05, 0.1) is 5.02 Å². The first-order valence-electron chi connectivity index (χ1n) is 4.55. The molecule has 1 N–H and O–H groups in total. The standard InChI is InChI=1S/C11H8ClNO3/c1-6-3-2-4-7(10(6)12)8-5-9(11(14)15)16-13-8/h2-5H,1H3,(H,14,15). The highest BCUT2D eigenvalue weighted by atomic mass is 35.5. The summed E-state index contributed by atoms with van der Waals surface area (Å²) in [5.74, 6) is -1.35. The molecule has 0 radical (unpaired) electrons. The predicted octanol–water partition coefficient (Wildman–Crippen LogP) is 3.00. The van der Waals surface area contributed by atoms with Crippen molar-refractivity contribution in [2.75, 3.05) is 0 Å². The Kier molecular flexibility index (Phi) is 2.66. The second-order valence-corrected chi connectivity index (χ2v) is 3.70. The Morgan fingerprint density at radius 1 is 1.50 bits per heavy atom. The van der Waals surface area contributed by atoms with Crippen LogP contribution in [0.4, 0.5) is 0 Å². The van der Waals surface area contributed by atoms with E-state index in [1.54, 1.807) is 6.07 Å². The third-order valence-corrected chi connectivity index (χ3v) is 2.69. The summed E-state index contributed by atoms with van der Waals surface area (Å²) in [7, 11) is 0. The fourth-order valence-electron chi connectivity index (χ4n) is 1.35. The molecule has 4 nitrogen and oxygen atoms in total. The summed E-state index contributed by atoms with van der Waals surface area (Å²) in [5.41, 5.74) is 1.99. The Hall–Kier alpha value is -1.81. The number of aromatic carboxylic acids is 1. The van der Waals surface area contributed by atoms with Crippen LogP contribution in [0.1, 0.15) is 16.1 Å². The maximum Gasteiger partial charge on any atom is 0.374 e. The molecule has 0 spiro atoms. The summed E-state index contributed by atoms with van der Waals surface area (Å²) in [5, 5.41) is 12.9. The fourth-order valence-corrected chi connectivity index (χ4v) is 1.57. The summed E-state index contributed by atoms with van der Waals surface area (Å²) in [6.07, 6.45) is 0. The van der Waals surface area contributed by atoms with E-state index in [1.807, 2.05) is 19.1 Å². The van der Waals surface area contributed by atoms with Crippen LogP contribution < -0.4 is 0 Å². The molecular formula is C11H8ClNO3. The SMILES string of the molecule is Cc1cccc(-c2cc(C(=O)O)on2)c1Cl. The highest BCUT2D eigenvalue weighted by molar-refractivity contribution is 6.34. The molecule has 0 aliphatic carbocycles. The van der Waals surface area contributed by atoms with Crippen molar-refractivity contribution in [1.29, 1.82) is 0 Å². The number of carboxylic acid groups (broad SMARTS) is 1. The van der Waals surface area contributed by atoms with Crippen molar-refractivity contribution in [3.8, 4) is 11.3 Å². The number of aryl methyl sites for hydroxylation is 1. The molecule has 5 heteroatoms. The van der Waals surface area contributed by atoms with Gasteiger partial charge in [-0.05, 0) is 12.5 Å². The van der Waals surface area contributed by atoms with Crippen LogP contribution in [0.3, 0.4) is 0 Å². The Labute approximate surface area is 96.4 Å². The Morgan fingerprint density at radius 3 is 2.88 bits per heavy atom.